The monoisotopic (exact) mass is 305 g/mol. The third kappa shape index (κ3) is 2.78. The van der Waals surface area contributed by atoms with Gasteiger partial charge in [-0.2, -0.15) is 5.10 Å². The number of nitrogens with zero attached hydrogens (tertiary/aromatic N) is 3. The average molecular weight is 305 g/mol. The van der Waals surface area contributed by atoms with Crippen LogP contribution >= 0.6 is 0 Å². The van der Waals surface area contributed by atoms with E-state index < -0.39 is 0 Å². The maximum Gasteiger partial charge on any atom is 0.222 e. The molecule has 5 heteroatoms. The second-order valence-corrected chi connectivity index (χ2v) is 6.84. The van der Waals surface area contributed by atoms with Crippen molar-refractivity contribution in [2.45, 2.75) is 53.0 Å². The van der Waals surface area contributed by atoms with E-state index in [-0.39, 0.29) is 11.3 Å². The molecule has 5 nitrogen and oxygen atoms in total. The Morgan fingerprint density at radius 3 is 2.73 bits per heavy atom. The summed E-state index contributed by atoms with van der Waals surface area (Å²) in [5.41, 5.74) is 3.91. The van der Waals surface area contributed by atoms with E-state index in [0.717, 1.165) is 57.8 Å². The van der Waals surface area contributed by atoms with Crippen LogP contribution in [0.5, 0.6) is 0 Å². The Kier molecular flexibility index (Phi) is 4.26. The van der Waals surface area contributed by atoms with Crippen LogP contribution in [0.3, 0.4) is 0 Å². The molecular formula is C17H27N3O2. The van der Waals surface area contributed by atoms with E-state index in [2.05, 4.69) is 30.6 Å². The van der Waals surface area contributed by atoms with E-state index in [1.54, 1.807) is 0 Å². The van der Waals surface area contributed by atoms with Gasteiger partial charge in [-0.3, -0.25) is 9.48 Å². The fraction of sp³-hybridized carbons (Fsp3) is 0.765. The van der Waals surface area contributed by atoms with Crippen molar-refractivity contribution in [3.63, 3.8) is 0 Å². The van der Waals surface area contributed by atoms with E-state index in [9.17, 15) is 4.79 Å². The molecule has 1 amide bonds. The number of piperidine rings is 1. The minimum absolute atomic E-state index is 0.220. The zero-order valence-electron chi connectivity index (χ0n) is 14.0. The Morgan fingerprint density at radius 1 is 1.27 bits per heavy atom. The molecule has 1 aromatic rings. The minimum atomic E-state index is 0.220. The van der Waals surface area contributed by atoms with Crippen molar-refractivity contribution in [3.8, 4) is 0 Å². The highest BCUT2D eigenvalue weighted by Crippen LogP contribution is 2.37. The van der Waals surface area contributed by atoms with Crippen LogP contribution in [0.4, 0.5) is 0 Å². The third-order valence-corrected chi connectivity index (χ3v) is 5.40. The van der Waals surface area contributed by atoms with Crippen molar-refractivity contribution in [2.24, 2.45) is 5.41 Å². The van der Waals surface area contributed by atoms with Crippen molar-refractivity contribution >= 4 is 5.91 Å². The Morgan fingerprint density at radius 2 is 2.09 bits per heavy atom. The van der Waals surface area contributed by atoms with Gasteiger partial charge in [-0.05, 0) is 38.7 Å². The van der Waals surface area contributed by atoms with Crippen LogP contribution in [-0.2, 0) is 22.5 Å². The largest absolute Gasteiger partial charge is 0.381 e. The zero-order chi connectivity index (χ0) is 15.7. The van der Waals surface area contributed by atoms with Crippen molar-refractivity contribution in [1.82, 2.24) is 14.7 Å². The summed E-state index contributed by atoms with van der Waals surface area (Å²) in [6.07, 6.45) is 3.76. The number of amides is 1. The number of likely N-dealkylation sites (tertiary alicyclic amines) is 1. The van der Waals surface area contributed by atoms with E-state index in [0.29, 0.717) is 6.42 Å². The highest BCUT2D eigenvalue weighted by molar-refractivity contribution is 5.77. The number of rotatable bonds is 4. The zero-order valence-corrected chi connectivity index (χ0v) is 14.0. The van der Waals surface area contributed by atoms with E-state index in [1.807, 2.05) is 4.90 Å². The maximum atomic E-state index is 12.2. The summed E-state index contributed by atoms with van der Waals surface area (Å²) in [6, 6.07) is 0. The summed E-state index contributed by atoms with van der Waals surface area (Å²) in [5, 5.41) is 4.63. The predicted octanol–water partition coefficient (Wildman–Crippen LogP) is 2.09. The lowest BCUT2D eigenvalue weighted by atomic mass is 9.79. The molecule has 3 heterocycles. The van der Waals surface area contributed by atoms with Gasteiger partial charge in [0.25, 0.3) is 0 Å². The molecule has 1 spiro atoms. The summed E-state index contributed by atoms with van der Waals surface area (Å²) < 4.78 is 7.64. The number of aryl methyl sites for hydroxylation is 1. The van der Waals surface area contributed by atoms with Gasteiger partial charge >= 0.3 is 0 Å². The molecular weight excluding hydrogens is 278 g/mol. The highest BCUT2D eigenvalue weighted by Gasteiger charge is 2.41. The lowest BCUT2D eigenvalue weighted by Crippen LogP contribution is -2.48. The second-order valence-electron chi connectivity index (χ2n) is 6.84. The second kappa shape index (κ2) is 6.03. The number of aromatic nitrogens is 2. The molecule has 2 saturated heterocycles. The fourth-order valence-corrected chi connectivity index (χ4v) is 3.96. The van der Waals surface area contributed by atoms with Crippen molar-refractivity contribution < 1.29 is 9.53 Å². The summed E-state index contributed by atoms with van der Waals surface area (Å²) >= 11 is 0. The summed E-state index contributed by atoms with van der Waals surface area (Å²) in [6.45, 7) is 10.4. The SMILES string of the molecule is CCc1c(C)nn(CCN2C[C@]3(CCOC3)CCC2=O)c1C. The van der Waals surface area contributed by atoms with Crippen LogP contribution in [0.15, 0.2) is 0 Å². The number of carbonyl (C=O) groups excluding carboxylic acids is 1. The molecule has 2 aliphatic heterocycles. The van der Waals surface area contributed by atoms with Gasteiger partial charge in [0, 0.05) is 37.2 Å². The Labute approximate surface area is 132 Å². The summed E-state index contributed by atoms with van der Waals surface area (Å²) in [7, 11) is 0. The molecule has 0 aliphatic carbocycles. The van der Waals surface area contributed by atoms with Crippen LogP contribution < -0.4 is 0 Å². The average Bonchev–Trinajstić information content (AvgIpc) is 3.06. The number of ether oxygens (including phenoxy) is 1. The summed E-state index contributed by atoms with van der Waals surface area (Å²) in [5.74, 6) is 0.287. The van der Waals surface area contributed by atoms with Crippen molar-refractivity contribution in [2.75, 3.05) is 26.3 Å². The predicted molar refractivity (Wildman–Crippen MR) is 84.8 cm³/mol. The molecule has 0 aromatic carbocycles. The highest BCUT2D eigenvalue weighted by atomic mass is 16.5. The minimum Gasteiger partial charge on any atom is -0.381 e. The van der Waals surface area contributed by atoms with Gasteiger partial charge in [0.1, 0.15) is 0 Å². The van der Waals surface area contributed by atoms with E-state index in [1.165, 1.54) is 11.3 Å². The molecule has 0 N–H and O–H groups in total. The van der Waals surface area contributed by atoms with Gasteiger partial charge in [-0.25, -0.2) is 0 Å². The van der Waals surface area contributed by atoms with Gasteiger partial charge in [0.2, 0.25) is 5.91 Å². The lowest BCUT2D eigenvalue weighted by Gasteiger charge is -2.39. The van der Waals surface area contributed by atoms with Crippen LogP contribution in [0.1, 0.15) is 43.1 Å². The molecule has 0 bridgehead atoms. The molecule has 0 unspecified atom stereocenters. The topological polar surface area (TPSA) is 47.4 Å². The Balaban J connectivity index is 1.66. The molecule has 2 fully saturated rings. The Bertz CT molecular complexity index is 558. The van der Waals surface area contributed by atoms with Crippen molar-refractivity contribution in [1.29, 1.82) is 0 Å². The first-order valence-electron chi connectivity index (χ1n) is 8.43. The van der Waals surface area contributed by atoms with Gasteiger partial charge < -0.3 is 9.64 Å². The normalized spacial score (nSPS) is 25.4. The standard InChI is InChI=1S/C17H27N3O2/c1-4-15-13(2)18-20(14(15)3)9-8-19-11-17(6-5-16(19)21)7-10-22-12-17/h4-12H2,1-3H3/t17-/m1/s1. The first-order chi connectivity index (χ1) is 10.5. The molecule has 0 radical (unpaired) electrons. The van der Waals surface area contributed by atoms with Crippen LogP contribution in [0.25, 0.3) is 0 Å². The number of carbonyl (C=O) groups is 1. The van der Waals surface area contributed by atoms with Crippen LogP contribution in [0.2, 0.25) is 0 Å². The van der Waals surface area contributed by atoms with Gasteiger partial charge in [-0.15, -0.1) is 0 Å². The molecule has 1 atom stereocenters. The quantitative estimate of drug-likeness (QED) is 0.856. The maximum absolute atomic E-state index is 12.2. The molecule has 0 saturated carbocycles. The summed E-state index contributed by atoms with van der Waals surface area (Å²) in [4.78, 5) is 14.3. The van der Waals surface area contributed by atoms with Gasteiger partial charge in [0.15, 0.2) is 0 Å². The van der Waals surface area contributed by atoms with Crippen molar-refractivity contribution in [3.05, 3.63) is 17.0 Å². The molecule has 2 aliphatic rings. The molecule has 122 valence electrons. The lowest BCUT2D eigenvalue weighted by molar-refractivity contribution is -0.137. The number of hydrogen-bond acceptors (Lipinski definition) is 3. The van der Waals surface area contributed by atoms with Gasteiger partial charge in [-0.1, -0.05) is 6.92 Å². The Hall–Kier alpha value is -1.36. The van der Waals surface area contributed by atoms with Crippen LogP contribution in [0, 0.1) is 19.3 Å². The molecule has 22 heavy (non-hydrogen) atoms. The molecule has 1 aromatic heterocycles. The molecule has 3 rings (SSSR count). The van der Waals surface area contributed by atoms with E-state index in [4.69, 9.17) is 4.74 Å². The first-order valence-corrected chi connectivity index (χ1v) is 8.43. The smallest absolute Gasteiger partial charge is 0.222 e. The van der Waals surface area contributed by atoms with Crippen LogP contribution in [-0.4, -0.2) is 46.9 Å². The first kappa shape index (κ1) is 15.5. The fourth-order valence-electron chi connectivity index (χ4n) is 3.96. The third-order valence-electron chi connectivity index (χ3n) is 5.40. The number of hydrogen-bond donors (Lipinski definition) is 0. The van der Waals surface area contributed by atoms with Gasteiger partial charge in [0.05, 0.1) is 18.8 Å². The van der Waals surface area contributed by atoms with E-state index >= 15 is 0 Å².